The van der Waals surface area contributed by atoms with Gasteiger partial charge < -0.3 is 15.2 Å². The van der Waals surface area contributed by atoms with Crippen LogP contribution in [0.15, 0.2) is 33.9 Å². The first kappa shape index (κ1) is 24.4. The lowest BCUT2D eigenvalue weighted by Crippen LogP contribution is -2.37. The number of hydrogen-bond donors (Lipinski definition) is 3. The van der Waals surface area contributed by atoms with Gasteiger partial charge in [0, 0.05) is 12.2 Å². The molecular weight excluding hydrogens is 420 g/mol. The highest BCUT2D eigenvalue weighted by molar-refractivity contribution is 6.02. The molecule has 11 nitrogen and oxygen atoms in total. The van der Waals surface area contributed by atoms with Gasteiger partial charge in [0.1, 0.15) is 17.0 Å². The molecule has 1 aromatic heterocycles. The number of aromatic amines is 1. The van der Waals surface area contributed by atoms with E-state index in [1.807, 2.05) is 4.98 Å². The van der Waals surface area contributed by atoms with Gasteiger partial charge in [0.2, 0.25) is 5.78 Å². The summed E-state index contributed by atoms with van der Waals surface area (Å²) in [5, 5.41) is 2.49. The molecule has 2 rings (SSSR count). The molecule has 0 fully saturated rings. The van der Waals surface area contributed by atoms with Crippen LogP contribution in [0.5, 0.6) is 0 Å². The maximum Gasteiger partial charge on any atom is 0.412 e. The Bertz CT molecular complexity index is 1140. The molecule has 0 unspecified atom stereocenters. The molecule has 0 aliphatic heterocycles. The van der Waals surface area contributed by atoms with Gasteiger partial charge in [-0.15, -0.1) is 0 Å². The summed E-state index contributed by atoms with van der Waals surface area (Å²) in [5.41, 5.74) is 3.35. The number of nitrogens with zero attached hydrogens (tertiary/aromatic N) is 1. The fourth-order valence-electron chi connectivity index (χ4n) is 2.73. The summed E-state index contributed by atoms with van der Waals surface area (Å²) in [7, 11) is 0. The molecule has 1 amide bonds. The van der Waals surface area contributed by atoms with E-state index in [1.165, 1.54) is 18.2 Å². The summed E-state index contributed by atoms with van der Waals surface area (Å²) < 4.78 is 11.2. The standard InChI is InChI=1S/C21H26N4O7/c1-5-9-25-16(22)15(17(27)24-19(25)29)14(26)11-31-18(28)12-7-6-8-13(10-12)23-20(30)32-21(2,3)4/h6-8,10H,5,9,11,22H2,1-4H3,(H,23,30)(H,24,27,29). The van der Waals surface area contributed by atoms with Gasteiger partial charge in [-0.05, 0) is 45.4 Å². The van der Waals surface area contributed by atoms with Crippen LogP contribution >= 0.6 is 0 Å². The number of nitrogens with one attached hydrogen (secondary N) is 2. The van der Waals surface area contributed by atoms with Crippen molar-refractivity contribution in [2.24, 2.45) is 0 Å². The van der Waals surface area contributed by atoms with E-state index in [1.54, 1.807) is 33.8 Å². The van der Waals surface area contributed by atoms with Gasteiger partial charge in [-0.25, -0.2) is 14.4 Å². The number of nitrogen functional groups attached to an aromatic ring is 1. The summed E-state index contributed by atoms with van der Waals surface area (Å²) in [6.07, 6.45) is -0.151. The van der Waals surface area contributed by atoms with Crippen LogP contribution in [0.1, 0.15) is 54.8 Å². The van der Waals surface area contributed by atoms with Gasteiger partial charge in [0.15, 0.2) is 6.61 Å². The first-order valence-electron chi connectivity index (χ1n) is 9.86. The topological polar surface area (TPSA) is 163 Å². The second-order valence-corrected chi connectivity index (χ2v) is 7.88. The van der Waals surface area contributed by atoms with E-state index < -0.39 is 46.9 Å². The van der Waals surface area contributed by atoms with Crippen LogP contribution in [-0.2, 0) is 16.0 Å². The number of benzene rings is 1. The smallest absolute Gasteiger partial charge is 0.412 e. The highest BCUT2D eigenvalue weighted by Gasteiger charge is 2.21. The average molecular weight is 446 g/mol. The van der Waals surface area contributed by atoms with Crippen molar-refractivity contribution in [3.63, 3.8) is 0 Å². The quantitative estimate of drug-likeness (QED) is 0.429. The lowest BCUT2D eigenvalue weighted by Gasteiger charge is -2.19. The minimum Gasteiger partial charge on any atom is -0.454 e. The van der Waals surface area contributed by atoms with Crippen molar-refractivity contribution < 1.29 is 23.9 Å². The van der Waals surface area contributed by atoms with Gasteiger partial charge >= 0.3 is 17.8 Å². The monoisotopic (exact) mass is 446 g/mol. The van der Waals surface area contributed by atoms with E-state index in [0.717, 1.165) is 4.57 Å². The Morgan fingerprint density at radius 1 is 1.19 bits per heavy atom. The Morgan fingerprint density at radius 2 is 1.88 bits per heavy atom. The predicted octanol–water partition coefficient (Wildman–Crippen LogP) is 1.92. The Kier molecular flexibility index (Phi) is 7.58. The maximum absolute atomic E-state index is 12.5. The number of esters is 1. The lowest BCUT2D eigenvalue weighted by molar-refractivity contribution is 0.0474. The summed E-state index contributed by atoms with van der Waals surface area (Å²) in [4.78, 5) is 62.6. The zero-order valence-corrected chi connectivity index (χ0v) is 18.3. The number of amides is 1. The SMILES string of the molecule is CCCn1c(N)c(C(=O)COC(=O)c2cccc(NC(=O)OC(C)(C)C)c2)c(=O)[nH]c1=O. The molecule has 32 heavy (non-hydrogen) atoms. The number of ether oxygens (including phenoxy) is 2. The molecule has 1 heterocycles. The van der Waals surface area contributed by atoms with Gasteiger partial charge in [0.05, 0.1) is 5.56 Å². The summed E-state index contributed by atoms with van der Waals surface area (Å²) >= 11 is 0. The zero-order valence-electron chi connectivity index (χ0n) is 18.3. The van der Waals surface area contributed by atoms with Crippen LogP contribution in [0.25, 0.3) is 0 Å². The number of H-pyrrole nitrogens is 1. The molecule has 0 saturated heterocycles. The van der Waals surface area contributed by atoms with E-state index in [-0.39, 0.29) is 23.6 Å². The highest BCUT2D eigenvalue weighted by Crippen LogP contribution is 2.15. The largest absolute Gasteiger partial charge is 0.454 e. The van der Waals surface area contributed by atoms with E-state index in [9.17, 15) is 24.0 Å². The minimum absolute atomic E-state index is 0.0594. The van der Waals surface area contributed by atoms with Gasteiger partial charge in [-0.3, -0.25) is 24.5 Å². The van der Waals surface area contributed by atoms with Crippen LogP contribution in [0, 0.1) is 0 Å². The van der Waals surface area contributed by atoms with E-state index in [4.69, 9.17) is 15.2 Å². The third kappa shape index (κ3) is 6.30. The molecule has 0 spiro atoms. The molecule has 1 aromatic carbocycles. The minimum atomic E-state index is -0.954. The molecule has 4 N–H and O–H groups in total. The normalized spacial score (nSPS) is 11.0. The fourth-order valence-corrected chi connectivity index (χ4v) is 2.73. The first-order chi connectivity index (χ1) is 14.9. The van der Waals surface area contributed by atoms with Crippen molar-refractivity contribution >= 4 is 29.4 Å². The number of aromatic nitrogens is 2. The summed E-state index contributed by atoms with van der Waals surface area (Å²) in [6.45, 7) is 6.38. The Labute approximate surface area is 183 Å². The van der Waals surface area contributed by atoms with Crippen molar-refractivity contribution in [3.8, 4) is 0 Å². The molecule has 0 radical (unpaired) electrons. The van der Waals surface area contributed by atoms with Crippen LogP contribution in [0.2, 0.25) is 0 Å². The van der Waals surface area contributed by atoms with E-state index in [0.29, 0.717) is 6.42 Å². The van der Waals surface area contributed by atoms with Crippen molar-refractivity contribution in [1.82, 2.24) is 9.55 Å². The zero-order chi connectivity index (χ0) is 24.1. The van der Waals surface area contributed by atoms with Crippen molar-refractivity contribution in [1.29, 1.82) is 0 Å². The Balaban J connectivity index is 2.11. The number of rotatable bonds is 7. The second-order valence-electron chi connectivity index (χ2n) is 7.88. The molecule has 11 heteroatoms. The molecule has 2 aromatic rings. The number of ketones is 1. The van der Waals surface area contributed by atoms with Gasteiger partial charge in [-0.2, -0.15) is 0 Å². The molecule has 0 aliphatic carbocycles. The summed E-state index contributed by atoms with van der Waals surface area (Å²) in [5.74, 6) is -2.00. The predicted molar refractivity (Wildman–Crippen MR) is 117 cm³/mol. The summed E-state index contributed by atoms with van der Waals surface area (Å²) in [6, 6.07) is 5.83. The number of hydrogen-bond acceptors (Lipinski definition) is 8. The third-order valence-corrected chi connectivity index (χ3v) is 4.04. The molecule has 0 bridgehead atoms. The first-order valence-corrected chi connectivity index (χ1v) is 9.86. The Morgan fingerprint density at radius 3 is 2.50 bits per heavy atom. The van der Waals surface area contributed by atoms with Crippen molar-refractivity contribution in [3.05, 3.63) is 56.2 Å². The lowest BCUT2D eigenvalue weighted by atomic mass is 10.2. The van der Waals surface area contributed by atoms with E-state index >= 15 is 0 Å². The van der Waals surface area contributed by atoms with E-state index in [2.05, 4.69) is 5.32 Å². The van der Waals surface area contributed by atoms with Crippen LogP contribution in [0.3, 0.4) is 0 Å². The average Bonchev–Trinajstić information content (AvgIpc) is 2.67. The molecule has 0 saturated carbocycles. The van der Waals surface area contributed by atoms with Crippen LogP contribution in [0.4, 0.5) is 16.3 Å². The number of Topliss-reactive ketones (excluding diaryl/α,β-unsaturated/α-hetero) is 1. The van der Waals surface area contributed by atoms with Crippen LogP contribution < -0.4 is 22.3 Å². The molecular formula is C21H26N4O7. The third-order valence-electron chi connectivity index (χ3n) is 4.04. The van der Waals surface area contributed by atoms with Gasteiger partial charge in [0.25, 0.3) is 5.56 Å². The maximum atomic E-state index is 12.5. The molecule has 0 aliphatic rings. The second kappa shape index (κ2) is 9.94. The number of nitrogens with two attached hydrogens (primary N) is 1. The fraction of sp³-hybridized carbons (Fsp3) is 0.381. The number of carbonyl (C=O) groups excluding carboxylic acids is 3. The Hall–Kier alpha value is -3.89. The van der Waals surface area contributed by atoms with Crippen molar-refractivity contribution in [2.75, 3.05) is 17.7 Å². The van der Waals surface area contributed by atoms with Crippen molar-refractivity contribution in [2.45, 2.75) is 46.3 Å². The molecule has 0 atom stereocenters. The molecule has 172 valence electrons. The highest BCUT2D eigenvalue weighted by atomic mass is 16.6. The van der Waals surface area contributed by atoms with Gasteiger partial charge in [-0.1, -0.05) is 13.0 Å². The number of anilines is 2. The number of carbonyl (C=O) groups is 3. The van der Waals surface area contributed by atoms with Crippen LogP contribution in [-0.4, -0.2) is 39.6 Å².